The van der Waals surface area contributed by atoms with Gasteiger partial charge < -0.3 is 19.5 Å². The summed E-state index contributed by atoms with van der Waals surface area (Å²) < 4.78 is 15.7. The fourth-order valence-electron chi connectivity index (χ4n) is 2.30. The van der Waals surface area contributed by atoms with Crippen LogP contribution in [0.5, 0.6) is 17.2 Å². The van der Waals surface area contributed by atoms with Gasteiger partial charge in [-0.1, -0.05) is 17.7 Å². The third kappa shape index (κ3) is 4.11. The Balaban J connectivity index is 2.18. The predicted octanol–water partition coefficient (Wildman–Crippen LogP) is 3.86. The molecule has 6 heteroatoms. The first-order chi connectivity index (χ1) is 11.5. The molecule has 0 aliphatic carbocycles. The average molecular weight is 350 g/mol. The molecule has 1 amide bonds. The van der Waals surface area contributed by atoms with Crippen LogP contribution in [0, 0.1) is 6.92 Å². The lowest BCUT2D eigenvalue weighted by atomic mass is 10.1. The minimum Gasteiger partial charge on any atom is -0.497 e. The summed E-state index contributed by atoms with van der Waals surface area (Å²) in [5, 5.41) is 3.43. The molecule has 1 N–H and O–H groups in total. The van der Waals surface area contributed by atoms with Crippen LogP contribution < -0.4 is 19.5 Å². The molecule has 2 aromatic rings. The molecule has 0 fully saturated rings. The number of rotatable bonds is 6. The molecule has 5 nitrogen and oxygen atoms in total. The third-order valence-electron chi connectivity index (χ3n) is 3.60. The molecular formula is C18H20ClNO4. The number of amides is 1. The van der Waals surface area contributed by atoms with E-state index in [1.807, 2.05) is 13.0 Å². The molecule has 0 bridgehead atoms. The molecule has 0 aliphatic rings. The van der Waals surface area contributed by atoms with Gasteiger partial charge in [0.25, 0.3) is 0 Å². The summed E-state index contributed by atoms with van der Waals surface area (Å²) in [5.41, 5.74) is 2.20. The van der Waals surface area contributed by atoms with E-state index in [4.69, 9.17) is 25.8 Å². The van der Waals surface area contributed by atoms with Crippen molar-refractivity contribution in [2.24, 2.45) is 0 Å². The second kappa shape index (κ2) is 7.93. The molecule has 24 heavy (non-hydrogen) atoms. The van der Waals surface area contributed by atoms with Crippen LogP contribution in [0.3, 0.4) is 0 Å². The monoisotopic (exact) mass is 349 g/mol. The van der Waals surface area contributed by atoms with Crippen molar-refractivity contribution in [2.45, 2.75) is 13.3 Å². The fourth-order valence-corrected chi connectivity index (χ4v) is 2.45. The highest BCUT2D eigenvalue weighted by Gasteiger charge is 2.13. The standard InChI is InChI=1S/C18H20ClNO4/c1-11-7-15(17(24-4)10-14(11)19)20-18(21)8-12-5-6-13(22-2)9-16(12)23-3/h5-7,9-10H,8H2,1-4H3,(H,20,21). The molecule has 2 aromatic carbocycles. The zero-order chi connectivity index (χ0) is 17.7. The molecule has 0 saturated carbocycles. The molecule has 128 valence electrons. The number of nitrogens with one attached hydrogen (secondary N) is 1. The van der Waals surface area contributed by atoms with Gasteiger partial charge in [-0.2, -0.15) is 0 Å². The van der Waals surface area contributed by atoms with Crippen molar-refractivity contribution in [1.82, 2.24) is 0 Å². The molecule has 0 atom stereocenters. The van der Waals surface area contributed by atoms with E-state index in [1.54, 1.807) is 38.5 Å². The summed E-state index contributed by atoms with van der Waals surface area (Å²) in [6.07, 6.45) is 0.165. The zero-order valence-electron chi connectivity index (χ0n) is 14.1. The number of hydrogen-bond acceptors (Lipinski definition) is 4. The molecular weight excluding hydrogens is 330 g/mol. The number of anilines is 1. The largest absolute Gasteiger partial charge is 0.497 e. The number of aryl methyl sites for hydroxylation is 1. The normalized spacial score (nSPS) is 10.2. The summed E-state index contributed by atoms with van der Waals surface area (Å²) in [4.78, 5) is 12.4. The van der Waals surface area contributed by atoms with Crippen molar-refractivity contribution in [3.8, 4) is 17.2 Å². The predicted molar refractivity (Wildman–Crippen MR) is 94.6 cm³/mol. The van der Waals surface area contributed by atoms with Crippen LogP contribution in [0.2, 0.25) is 5.02 Å². The van der Waals surface area contributed by atoms with E-state index in [0.29, 0.717) is 28.0 Å². The molecule has 0 radical (unpaired) electrons. The Hall–Kier alpha value is -2.40. The van der Waals surface area contributed by atoms with Gasteiger partial charge in [-0.3, -0.25) is 4.79 Å². The Bertz CT molecular complexity index is 746. The van der Waals surface area contributed by atoms with Crippen LogP contribution in [0.1, 0.15) is 11.1 Å². The van der Waals surface area contributed by atoms with E-state index < -0.39 is 0 Å². The van der Waals surface area contributed by atoms with Gasteiger partial charge >= 0.3 is 0 Å². The van der Waals surface area contributed by atoms with Gasteiger partial charge in [0.1, 0.15) is 17.2 Å². The molecule has 0 saturated heterocycles. The van der Waals surface area contributed by atoms with Gasteiger partial charge in [0, 0.05) is 22.7 Å². The summed E-state index contributed by atoms with van der Waals surface area (Å²) in [5.74, 6) is 1.61. The summed E-state index contributed by atoms with van der Waals surface area (Å²) in [6.45, 7) is 1.87. The number of methoxy groups -OCH3 is 3. The van der Waals surface area contributed by atoms with E-state index in [1.165, 1.54) is 7.11 Å². The van der Waals surface area contributed by atoms with Crippen molar-refractivity contribution in [2.75, 3.05) is 26.6 Å². The number of carbonyl (C=O) groups excluding carboxylic acids is 1. The highest BCUT2D eigenvalue weighted by molar-refractivity contribution is 6.31. The molecule has 0 spiro atoms. The van der Waals surface area contributed by atoms with Crippen molar-refractivity contribution < 1.29 is 19.0 Å². The van der Waals surface area contributed by atoms with Crippen LogP contribution in [-0.2, 0) is 11.2 Å². The van der Waals surface area contributed by atoms with Gasteiger partial charge in [-0.05, 0) is 24.6 Å². The maximum atomic E-state index is 12.4. The highest BCUT2D eigenvalue weighted by atomic mass is 35.5. The quantitative estimate of drug-likeness (QED) is 0.860. The molecule has 0 aliphatic heterocycles. The Labute approximate surface area is 146 Å². The van der Waals surface area contributed by atoms with E-state index in [-0.39, 0.29) is 12.3 Å². The third-order valence-corrected chi connectivity index (χ3v) is 4.01. The first-order valence-corrected chi connectivity index (χ1v) is 7.71. The van der Waals surface area contributed by atoms with Crippen molar-refractivity contribution in [3.05, 3.63) is 46.5 Å². The van der Waals surface area contributed by atoms with Crippen molar-refractivity contribution in [3.63, 3.8) is 0 Å². The minimum atomic E-state index is -0.182. The van der Waals surface area contributed by atoms with Crippen LogP contribution in [0.15, 0.2) is 30.3 Å². The fraction of sp³-hybridized carbons (Fsp3) is 0.278. The Morgan fingerprint density at radius 3 is 2.38 bits per heavy atom. The number of hydrogen-bond donors (Lipinski definition) is 1. The summed E-state index contributed by atoms with van der Waals surface area (Å²) in [6, 6.07) is 8.81. The topological polar surface area (TPSA) is 56.8 Å². The molecule has 0 unspecified atom stereocenters. The Morgan fingerprint density at radius 2 is 1.75 bits per heavy atom. The Kier molecular flexibility index (Phi) is 5.93. The second-order valence-electron chi connectivity index (χ2n) is 5.20. The van der Waals surface area contributed by atoms with E-state index in [0.717, 1.165) is 11.1 Å². The summed E-state index contributed by atoms with van der Waals surface area (Å²) in [7, 11) is 4.67. The van der Waals surface area contributed by atoms with Crippen molar-refractivity contribution in [1.29, 1.82) is 0 Å². The summed E-state index contributed by atoms with van der Waals surface area (Å²) >= 11 is 6.08. The lowest BCUT2D eigenvalue weighted by Gasteiger charge is -2.13. The first kappa shape index (κ1) is 17.9. The smallest absolute Gasteiger partial charge is 0.229 e. The minimum absolute atomic E-state index is 0.165. The van der Waals surface area contributed by atoms with Crippen molar-refractivity contribution >= 4 is 23.2 Å². The van der Waals surface area contributed by atoms with Crippen LogP contribution >= 0.6 is 11.6 Å². The number of carbonyl (C=O) groups is 1. The van der Waals surface area contributed by atoms with Gasteiger partial charge in [0.2, 0.25) is 5.91 Å². The maximum Gasteiger partial charge on any atom is 0.229 e. The first-order valence-electron chi connectivity index (χ1n) is 7.33. The number of benzene rings is 2. The van der Waals surface area contributed by atoms with Crippen LogP contribution in [0.25, 0.3) is 0 Å². The van der Waals surface area contributed by atoms with E-state index in [9.17, 15) is 4.79 Å². The number of ether oxygens (including phenoxy) is 3. The van der Waals surface area contributed by atoms with Gasteiger partial charge in [-0.15, -0.1) is 0 Å². The molecule has 0 heterocycles. The second-order valence-corrected chi connectivity index (χ2v) is 5.61. The number of halogens is 1. The SMILES string of the molecule is COc1ccc(CC(=O)Nc2cc(C)c(Cl)cc2OC)c(OC)c1. The van der Waals surface area contributed by atoms with E-state index in [2.05, 4.69) is 5.32 Å². The van der Waals surface area contributed by atoms with Gasteiger partial charge in [0.15, 0.2) is 0 Å². The Morgan fingerprint density at radius 1 is 1.04 bits per heavy atom. The van der Waals surface area contributed by atoms with Crippen LogP contribution in [0.4, 0.5) is 5.69 Å². The average Bonchev–Trinajstić information content (AvgIpc) is 2.58. The van der Waals surface area contributed by atoms with Gasteiger partial charge in [0.05, 0.1) is 33.4 Å². The van der Waals surface area contributed by atoms with Gasteiger partial charge in [-0.25, -0.2) is 0 Å². The van der Waals surface area contributed by atoms with E-state index >= 15 is 0 Å². The molecule has 2 rings (SSSR count). The molecule has 0 aromatic heterocycles. The van der Waals surface area contributed by atoms with Crippen LogP contribution in [-0.4, -0.2) is 27.2 Å². The highest BCUT2D eigenvalue weighted by Crippen LogP contribution is 2.31. The lowest BCUT2D eigenvalue weighted by Crippen LogP contribution is -2.15. The lowest BCUT2D eigenvalue weighted by molar-refractivity contribution is -0.115. The maximum absolute atomic E-state index is 12.4. The zero-order valence-corrected chi connectivity index (χ0v) is 14.9.